The summed E-state index contributed by atoms with van der Waals surface area (Å²) in [6.45, 7) is 37.6. The summed E-state index contributed by atoms with van der Waals surface area (Å²) in [5.74, 6) is 0.955. The van der Waals surface area contributed by atoms with Crippen LogP contribution in [0.15, 0.2) is 0 Å². The zero-order valence-corrected chi connectivity index (χ0v) is 27.7. The minimum absolute atomic E-state index is 0.721. The maximum Gasteiger partial charge on any atom is 0.0121 e. The van der Waals surface area contributed by atoms with Gasteiger partial charge in [0.2, 0.25) is 0 Å². The maximum absolute atomic E-state index is 2.74. The van der Waals surface area contributed by atoms with Crippen LogP contribution in [-0.2, 0) is 0 Å². The lowest BCUT2D eigenvalue weighted by molar-refractivity contribution is 0.0495. The van der Waals surface area contributed by atoms with E-state index in [9.17, 15) is 0 Å². The van der Waals surface area contributed by atoms with Gasteiger partial charge in [-0.05, 0) is 99.1 Å². The summed E-state index contributed by atoms with van der Waals surface area (Å²) in [5.41, 5.74) is 0. The van der Waals surface area contributed by atoms with Gasteiger partial charge in [0.05, 0.1) is 0 Å². The molecule has 4 heterocycles. The predicted octanol–water partition coefficient (Wildman–Crippen LogP) is 4.90. The summed E-state index contributed by atoms with van der Waals surface area (Å²) in [5, 5.41) is 0. The average molecular weight is 539 g/mol. The quantitative estimate of drug-likeness (QED) is 0.476. The standard InChI is InChI=1S/2C14H29N3.2C2H6/c1-13(2)17-10-8-16(9-11-17)12-14-4-6-15(3)7-5-14;1-4-15-7-5-14(6-8-15)17-11-9-16(10-12-17)13(2)3;2*1-2/h2*13-14H,4-12H2,1-3H3;2*1-2H3. The Morgan fingerprint density at radius 3 is 1.42 bits per heavy atom. The second-order valence-electron chi connectivity index (χ2n) is 12.0. The Hall–Kier alpha value is -0.240. The van der Waals surface area contributed by atoms with Crippen molar-refractivity contribution in [2.45, 2.75) is 106 Å². The fraction of sp³-hybridized carbons (Fsp3) is 1.00. The number of piperidine rings is 2. The third kappa shape index (κ3) is 13.0. The van der Waals surface area contributed by atoms with Crippen LogP contribution in [-0.4, -0.2) is 146 Å². The zero-order chi connectivity index (χ0) is 28.5. The van der Waals surface area contributed by atoms with Crippen LogP contribution in [0.1, 0.15) is 88.0 Å². The molecule has 4 rings (SSSR count). The molecule has 4 saturated heterocycles. The molecule has 0 aromatic heterocycles. The third-order valence-corrected chi connectivity index (χ3v) is 9.09. The molecule has 4 aliphatic rings. The molecule has 0 bridgehead atoms. The first-order chi connectivity index (χ1) is 18.4. The number of likely N-dealkylation sites (tertiary alicyclic amines) is 2. The molecule has 228 valence electrons. The van der Waals surface area contributed by atoms with Gasteiger partial charge in [-0.15, -0.1) is 0 Å². The van der Waals surface area contributed by atoms with E-state index in [-0.39, 0.29) is 0 Å². The van der Waals surface area contributed by atoms with Gasteiger partial charge in [0.15, 0.2) is 0 Å². The first kappa shape index (κ1) is 35.8. The third-order valence-electron chi connectivity index (χ3n) is 9.09. The van der Waals surface area contributed by atoms with Crippen LogP contribution < -0.4 is 0 Å². The van der Waals surface area contributed by atoms with Crippen molar-refractivity contribution >= 4 is 0 Å². The van der Waals surface area contributed by atoms with Crippen molar-refractivity contribution in [3.63, 3.8) is 0 Å². The second kappa shape index (κ2) is 20.6. The van der Waals surface area contributed by atoms with Crippen molar-refractivity contribution in [2.75, 3.05) is 98.7 Å². The van der Waals surface area contributed by atoms with E-state index in [1.165, 1.54) is 117 Å². The molecule has 0 atom stereocenters. The summed E-state index contributed by atoms with van der Waals surface area (Å²) < 4.78 is 0. The van der Waals surface area contributed by atoms with E-state index in [2.05, 4.69) is 71.1 Å². The smallest absolute Gasteiger partial charge is 0.0121 e. The van der Waals surface area contributed by atoms with E-state index < -0.39 is 0 Å². The Balaban J connectivity index is 0.000000336. The lowest BCUT2D eigenvalue weighted by Gasteiger charge is -2.43. The van der Waals surface area contributed by atoms with Gasteiger partial charge in [-0.2, -0.15) is 0 Å². The summed E-state index contributed by atoms with van der Waals surface area (Å²) >= 11 is 0. The van der Waals surface area contributed by atoms with E-state index in [0.717, 1.165) is 24.0 Å². The molecule has 4 fully saturated rings. The van der Waals surface area contributed by atoms with Gasteiger partial charge in [-0.1, -0.05) is 34.6 Å². The molecule has 0 aromatic carbocycles. The highest BCUT2D eigenvalue weighted by Gasteiger charge is 2.27. The van der Waals surface area contributed by atoms with Crippen molar-refractivity contribution < 1.29 is 0 Å². The lowest BCUT2D eigenvalue weighted by Crippen LogP contribution is -2.54. The predicted molar refractivity (Wildman–Crippen MR) is 169 cm³/mol. The molecule has 38 heavy (non-hydrogen) atoms. The van der Waals surface area contributed by atoms with Crippen molar-refractivity contribution in [1.82, 2.24) is 29.4 Å². The monoisotopic (exact) mass is 539 g/mol. The number of piperazine rings is 2. The normalized spacial score (nSPS) is 24.3. The van der Waals surface area contributed by atoms with Gasteiger partial charge in [0.1, 0.15) is 0 Å². The number of hydrogen-bond donors (Lipinski definition) is 0. The molecular formula is C32H70N6. The Kier molecular flexibility index (Phi) is 19.4. The van der Waals surface area contributed by atoms with Gasteiger partial charge in [-0.3, -0.25) is 14.7 Å². The molecule has 0 saturated carbocycles. The molecule has 0 N–H and O–H groups in total. The molecule has 0 radical (unpaired) electrons. The van der Waals surface area contributed by atoms with Crippen molar-refractivity contribution in [3.05, 3.63) is 0 Å². The van der Waals surface area contributed by atoms with E-state index in [4.69, 9.17) is 0 Å². The molecule has 0 spiro atoms. The molecule has 0 aliphatic carbocycles. The number of nitrogens with zero attached hydrogens (tertiary/aromatic N) is 6. The van der Waals surface area contributed by atoms with Crippen LogP contribution >= 0.6 is 0 Å². The number of rotatable bonds is 6. The number of hydrogen-bond acceptors (Lipinski definition) is 6. The molecule has 0 amide bonds. The van der Waals surface area contributed by atoms with Crippen LogP contribution in [0.2, 0.25) is 0 Å². The fourth-order valence-electron chi connectivity index (χ4n) is 6.29. The highest BCUT2D eigenvalue weighted by molar-refractivity contribution is 4.84. The van der Waals surface area contributed by atoms with Crippen molar-refractivity contribution in [3.8, 4) is 0 Å². The Bertz CT molecular complexity index is 524. The second-order valence-corrected chi connectivity index (χ2v) is 12.0. The van der Waals surface area contributed by atoms with Crippen LogP contribution in [0.4, 0.5) is 0 Å². The summed E-state index contributed by atoms with van der Waals surface area (Å²) in [7, 11) is 2.25. The van der Waals surface area contributed by atoms with E-state index in [1.54, 1.807) is 0 Å². The summed E-state index contributed by atoms with van der Waals surface area (Å²) in [6.07, 6.45) is 5.58. The largest absolute Gasteiger partial charge is 0.306 e. The molecule has 6 heteroatoms. The highest BCUT2D eigenvalue weighted by Crippen LogP contribution is 2.19. The molecule has 6 nitrogen and oxygen atoms in total. The lowest BCUT2D eigenvalue weighted by atomic mass is 9.96. The fourth-order valence-corrected chi connectivity index (χ4v) is 6.29. The molecule has 0 unspecified atom stereocenters. The summed E-state index contributed by atoms with van der Waals surface area (Å²) in [4.78, 5) is 15.7. The van der Waals surface area contributed by atoms with Gasteiger partial charge in [0.25, 0.3) is 0 Å². The van der Waals surface area contributed by atoms with Crippen molar-refractivity contribution in [1.29, 1.82) is 0 Å². The maximum atomic E-state index is 2.74. The van der Waals surface area contributed by atoms with Gasteiger partial charge in [0, 0.05) is 77.0 Å². The van der Waals surface area contributed by atoms with Gasteiger partial charge < -0.3 is 14.7 Å². The first-order valence-electron chi connectivity index (χ1n) is 16.7. The van der Waals surface area contributed by atoms with Crippen LogP contribution in [0.25, 0.3) is 0 Å². The average Bonchev–Trinajstić information content (AvgIpc) is 2.97. The molecule has 0 aromatic rings. The molecule has 4 aliphatic heterocycles. The van der Waals surface area contributed by atoms with Crippen LogP contribution in [0.3, 0.4) is 0 Å². The van der Waals surface area contributed by atoms with Crippen molar-refractivity contribution in [2.24, 2.45) is 5.92 Å². The van der Waals surface area contributed by atoms with E-state index >= 15 is 0 Å². The van der Waals surface area contributed by atoms with E-state index in [0.29, 0.717) is 0 Å². The minimum atomic E-state index is 0.721. The van der Waals surface area contributed by atoms with Gasteiger partial charge in [-0.25, -0.2) is 0 Å². The first-order valence-corrected chi connectivity index (χ1v) is 16.7. The Morgan fingerprint density at radius 1 is 0.553 bits per heavy atom. The Labute approximate surface area is 240 Å². The summed E-state index contributed by atoms with van der Waals surface area (Å²) in [6, 6.07) is 2.31. The van der Waals surface area contributed by atoms with Gasteiger partial charge >= 0.3 is 0 Å². The highest BCUT2D eigenvalue weighted by atomic mass is 15.3. The van der Waals surface area contributed by atoms with Crippen LogP contribution in [0, 0.1) is 5.92 Å². The van der Waals surface area contributed by atoms with Crippen LogP contribution in [0.5, 0.6) is 0 Å². The topological polar surface area (TPSA) is 19.4 Å². The SMILES string of the molecule is CC.CC.CC(C)N1CCN(CC2CCN(C)CC2)CC1.CCN1CCC(N2CCN(C(C)C)CC2)CC1. The minimum Gasteiger partial charge on any atom is -0.306 e. The zero-order valence-electron chi connectivity index (χ0n) is 27.7. The van der Waals surface area contributed by atoms with E-state index in [1.807, 2.05) is 27.7 Å². The molecular weight excluding hydrogens is 468 g/mol. The Morgan fingerprint density at radius 2 is 1.00 bits per heavy atom.